The van der Waals surface area contributed by atoms with E-state index in [9.17, 15) is 0 Å². The van der Waals surface area contributed by atoms with Gasteiger partial charge >= 0.3 is 0 Å². The van der Waals surface area contributed by atoms with Gasteiger partial charge in [0.15, 0.2) is 10.8 Å². The zero-order chi connectivity index (χ0) is 12.9. The van der Waals surface area contributed by atoms with Crippen LogP contribution in [-0.4, -0.2) is 22.3 Å². The molecule has 2 heterocycles. The van der Waals surface area contributed by atoms with Gasteiger partial charge in [0.25, 0.3) is 0 Å². The molecule has 5 heteroatoms. The topological polar surface area (TPSA) is 24.5 Å². The van der Waals surface area contributed by atoms with Crippen LogP contribution in [0.5, 0.6) is 5.75 Å². The fourth-order valence-corrected chi connectivity index (χ4v) is 3.56. The minimum atomic E-state index is -0.403. The maximum Gasteiger partial charge on any atom is 0.184 e. The Balaban J connectivity index is 2.12. The van der Waals surface area contributed by atoms with E-state index in [2.05, 4.69) is 24.1 Å². The quantitative estimate of drug-likeness (QED) is 0.800. The monoisotopic (exact) mass is 282 g/mol. The summed E-state index contributed by atoms with van der Waals surface area (Å²) in [5.74, 6) is 0.784. The van der Waals surface area contributed by atoms with Crippen LogP contribution in [0, 0.1) is 0 Å². The molecule has 0 aromatic heterocycles. The normalized spacial score (nSPS) is 29.4. The van der Waals surface area contributed by atoms with Crippen LogP contribution in [0.3, 0.4) is 0 Å². The van der Waals surface area contributed by atoms with E-state index in [0.717, 1.165) is 29.4 Å². The molecule has 0 aliphatic carbocycles. The molecule has 2 atom stereocenters. The highest BCUT2D eigenvalue weighted by Crippen LogP contribution is 2.46. The predicted molar refractivity (Wildman–Crippen MR) is 76.0 cm³/mol. The summed E-state index contributed by atoms with van der Waals surface area (Å²) in [7, 11) is 0. The van der Waals surface area contributed by atoms with Gasteiger partial charge in [0, 0.05) is 18.5 Å². The summed E-state index contributed by atoms with van der Waals surface area (Å²) < 4.78 is 6.16. The number of fused-ring (bicyclic) bond motifs is 4. The Morgan fingerprint density at radius 3 is 3.11 bits per heavy atom. The molecule has 18 heavy (non-hydrogen) atoms. The van der Waals surface area contributed by atoms with Crippen molar-refractivity contribution in [2.45, 2.75) is 32.0 Å². The number of nitrogens with zero attached hydrogens (tertiary/aromatic N) is 1. The van der Waals surface area contributed by atoms with Gasteiger partial charge in [-0.15, -0.1) is 0 Å². The van der Waals surface area contributed by atoms with Crippen LogP contribution >= 0.6 is 23.8 Å². The summed E-state index contributed by atoms with van der Waals surface area (Å²) in [6.45, 7) is 4.96. The zero-order valence-electron chi connectivity index (χ0n) is 10.4. The lowest BCUT2D eigenvalue weighted by molar-refractivity contribution is -0.0657. The zero-order valence-corrected chi connectivity index (χ0v) is 11.9. The molecule has 2 bridgehead atoms. The first kappa shape index (κ1) is 12.1. The lowest BCUT2D eigenvalue weighted by Gasteiger charge is -2.52. The molecule has 1 N–H and O–H groups in total. The lowest BCUT2D eigenvalue weighted by atomic mass is 9.90. The Bertz CT molecular complexity index is 522. The highest BCUT2D eigenvalue weighted by Gasteiger charge is 2.47. The van der Waals surface area contributed by atoms with Gasteiger partial charge in [-0.25, -0.2) is 0 Å². The molecule has 0 spiro atoms. The minimum Gasteiger partial charge on any atom is -0.466 e. The summed E-state index contributed by atoms with van der Waals surface area (Å²) in [6.07, 6.45) is 0.869. The average Bonchev–Trinajstić information content (AvgIpc) is 2.30. The highest BCUT2D eigenvalue weighted by atomic mass is 35.5. The van der Waals surface area contributed by atoms with Crippen molar-refractivity contribution in [1.29, 1.82) is 0 Å². The van der Waals surface area contributed by atoms with Crippen molar-refractivity contribution in [3.63, 3.8) is 0 Å². The van der Waals surface area contributed by atoms with Crippen molar-refractivity contribution in [2.75, 3.05) is 6.54 Å². The molecule has 0 saturated carbocycles. The molecule has 1 aromatic rings. The van der Waals surface area contributed by atoms with Crippen molar-refractivity contribution in [2.24, 2.45) is 0 Å². The molecule has 3 rings (SSSR count). The van der Waals surface area contributed by atoms with Crippen molar-refractivity contribution >= 4 is 28.9 Å². The Morgan fingerprint density at radius 1 is 1.61 bits per heavy atom. The Hall–Kier alpha value is -1.00. The molecule has 1 fully saturated rings. The van der Waals surface area contributed by atoms with E-state index in [1.165, 1.54) is 0 Å². The van der Waals surface area contributed by atoms with Crippen molar-refractivity contribution < 1.29 is 4.74 Å². The van der Waals surface area contributed by atoms with Gasteiger partial charge in [-0.05, 0) is 32.1 Å². The molecule has 2 aliphatic heterocycles. The van der Waals surface area contributed by atoms with Crippen molar-refractivity contribution in [3.8, 4) is 5.75 Å². The first-order valence-electron chi connectivity index (χ1n) is 6.11. The van der Waals surface area contributed by atoms with Gasteiger partial charge in [0.2, 0.25) is 0 Å². The highest BCUT2D eigenvalue weighted by molar-refractivity contribution is 7.80. The van der Waals surface area contributed by atoms with Crippen LogP contribution < -0.4 is 10.1 Å². The molecule has 1 saturated heterocycles. The van der Waals surface area contributed by atoms with Crippen LogP contribution in [0.2, 0.25) is 5.02 Å². The Kier molecular flexibility index (Phi) is 2.68. The molecule has 96 valence electrons. The molecule has 2 aliphatic rings. The van der Waals surface area contributed by atoms with E-state index in [0.29, 0.717) is 5.02 Å². The first-order chi connectivity index (χ1) is 8.55. The molecular formula is C13H15ClN2OS. The van der Waals surface area contributed by atoms with Gasteiger partial charge in [-0.1, -0.05) is 23.7 Å². The van der Waals surface area contributed by atoms with E-state index < -0.39 is 5.72 Å². The van der Waals surface area contributed by atoms with Crippen LogP contribution in [0.1, 0.15) is 31.9 Å². The number of ether oxygens (including phenoxy) is 1. The second kappa shape index (κ2) is 4.00. The van der Waals surface area contributed by atoms with E-state index in [4.69, 9.17) is 28.6 Å². The van der Waals surface area contributed by atoms with Crippen LogP contribution in [0.4, 0.5) is 0 Å². The van der Waals surface area contributed by atoms with Crippen LogP contribution in [0.25, 0.3) is 0 Å². The van der Waals surface area contributed by atoms with Gasteiger partial charge in [0.1, 0.15) is 5.75 Å². The second-order valence-corrected chi connectivity index (χ2v) is 5.68. The SMILES string of the molecule is CCN1C(=S)N[C@@H]2C[C@@]1(C)Oc1c(Cl)cccc12. The van der Waals surface area contributed by atoms with Crippen molar-refractivity contribution in [3.05, 3.63) is 28.8 Å². The van der Waals surface area contributed by atoms with E-state index in [-0.39, 0.29) is 6.04 Å². The van der Waals surface area contributed by atoms with Gasteiger partial charge in [0.05, 0.1) is 11.1 Å². The summed E-state index contributed by atoms with van der Waals surface area (Å²) in [5, 5.41) is 4.79. The summed E-state index contributed by atoms with van der Waals surface area (Å²) in [5.41, 5.74) is 0.692. The number of hydrogen-bond donors (Lipinski definition) is 1. The minimum absolute atomic E-state index is 0.188. The maximum absolute atomic E-state index is 6.24. The fourth-order valence-electron chi connectivity index (χ4n) is 2.87. The number of benzene rings is 1. The predicted octanol–water partition coefficient (Wildman–Crippen LogP) is 3.09. The molecule has 0 amide bonds. The van der Waals surface area contributed by atoms with Gasteiger partial charge in [-0.3, -0.25) is 0 Å². The van der Waals surface area contributed by atoms with Crippen molar-refractivity contribution in [1.82, 2.24) is 10.2 Å². The summed E-state index contributed by atoms with van der Waals surface area (Å²) in [4.78, 5) is 2.07. The smallest absolute Gasteiger partial charge is 0.184 e. The largest absolute Gasteiger partial charge is 0.466 e. The van der Waals surface area contributed by atoms with Crippen LogP contribution in [0.15, 0.2) is 18.2 Å². The lowest BCUT2D eigenvalue weighted by Crippen LogP contribution is -2.64. The number of nitrogens with one attached hydrogen (secondary N) is 1. The van der Waals surface area contributed by atoms with Gasteiger partial charge in [-0.2, -0.15) is 0 Å². The Morgan fingerprint density at radius 2 is 2.39 bits per heavy atom. The van der Waals surface area contributed by atoms with E-state index >= 15 is 0 Å². The number of para-hydroxylation sites is 1. The number of hydrogen-bond acceptors (Lipinski definition) is 2. The molecule has 0 unspecified atom stereocenters. The first-order valence-corrected chi connectivity index (χ1v) is 6.89. The van der Waals surface area contributed by atoms with Gasteiger partial charge < -0.3 is 15.0 Å². The standard InChI is InChI=1S/C13H15ClN2OS/c1-3-16-12(18)15-10-7-13(16,2)17-11-8(10)5-4-6-9(11)14/h4-6,10H,3,7H2,1-2H3,(H,15,18)/t10-,13-/m1/s1. The molecule has 1 aromatic carbocycles. The molecule has 0 radical (unpaired) electrons. The summed E-state index contributed by atoms with van der Waals surface area (Å²) >= 11 is 11.7. The van der Waals surface area contributed by atoms with E-state index in [1.54, 1.807) is 0 Å². The van der Waals surface area contributed by atoms with Crippen LogP contribution in [-0.2, 0) is 0 Å². The third kappa shape index (κ3) is 1.59. The fraction of sp³-hybridized carbons (Fsp3) is 0.462. The third-order valence-electron chi connectivity index (χ3n) is 3.71. The van der Waals surface area contributed by atoms with E-state index in [1.807, 2.05) is 18.2 Å². The number of halogens is 1. The third-order valence-corrected chi connectivity index (χ3v) is 4.34. The molecular weight excluding hydrogens is 268 g/mol. The Labute approximate surface area is 117 Å². The molecule has 3 nitrogen and oxygen atoms in total. The average molecular weight is 283 g/mol. The number of thiocarbonyl (C=S) groups is 1. The summed E-state index contributed by atoms with van der Waals surface area (Å²) in [6, 6.07) is 6.04. The maximum atomic E-state index is 6.24. The number of rotatable bonds is 1. The second-order valence-electron chi connectivity index (χ2n) is 4.89.